The van der Waals surface area contributed by atoms with Crippen LogP contribution in [0.25, 0.3) is 10.9 Å². The summed E-state index contributed by atoms with van der Waals surface area (Å²) < 4.78 is 28.2. The van der Waals surface area contributed by atoms with Crippen LogP contribution in [0.2, 0.25) is 0 Å². The molecular weight excluding hydrogens is 394 g/mol. The average molecular weight is 420 g/mol. The number of piperidine rings is 1. The van der Waals surface area contributed by atoms with Crippen molar-refractivity contribution in [2.24, 2.45) is 5.92 Å². The van der Waals surface area contributed by atoms with Crippen LogP contribution in [0.1, 0.15) is 26.7 Å². The summed E-state index contributed by atoms with van der Waals surface area (Å²) in [5.74, 6) is 1.04. The Balaban J connectivity index is 1.59. The number of thioether (sulfide) groups is 1. The lowest BCUT2D eigenvalue weighted by molar-refractivity contribution is -0.137. The molecule has 2 aliphatic heterocycles. The second-order valence-electron chi connectivity index (χ2n) is 7.67. The number of hydrogen-bond donors (Lipinski definition) is 0. The Labute approximate surface area is 170 Å². The number of carbonyl (C=O) groups is 1. The number of sulfonamides is 1. The molecule has 2 fully saturated rings. The monoisotopic (exact) mass is 419 g/mol. The number of nitrogens with zero attached hydrogens (tertiary/aromatic N) is 3. The van der Waals surface area contributed by atoms with Gasteiger partial charge >= 0.3 is 0 Å². The van der Waals surface area contributed by atoms with Crippen LogP contribution in [0.5, 0.6) is 0 Å². The lowest BCUT2D eigenvalue weighted by Crippen LogP contribution is -2.54. The molecule has 0 bridgehead atoms. The van der Waals surface area contributed by atoms with Gasteiger partial charge in [0.25, 0.3) is 0 Å². The Morgan fingerprint density at radius 2 is 1.86 bits per heavy atom. The molecule has 2 aromatic rings. The number of benzene rings is 1. The zero-order valence-electron chi connectivity index (χ0n) is 16.2. The van der Waals surface area contributed by atoms with Gasteiger partial charge in [0.2, 0.25) is 15.9 Å². The number of hydrogen-bond acceptors (Lipinski definition) is 5. The lowest BCUT2D eigenvalue weighted by atomic mass is 10.0. The van der Waals surface area contributed by atoms with Crippen LogP contribution in [-0.2, 0) is 14.8 Å². The molecule has 1 spiro atoms. The summed E-state index contributed by atoms with van der Waals surface area (Å²) in [6.07, 6.45) is 2.94. The third kappa shape index (κ3) is 3.21. The quantitative estimate of drug-likeness (QED) is 0.765. The standard InChI is InChI=1S/C20H25N3O3S2/c1-15(2)19(24)23-13-14-27-20(23)8-11-22(12-9-20)28(25,26)17-7-3-5-16-6-4-10-21-18(16)17/h3-7,10,15H,8-9,11-14H2,1-2H3. The van der Waals surface area contributed by atoms with E-state index in [9.17, 15) is 13.2 Å². The smallest absolute Gasteiger partial charge is 0.245 e. The van der Waals surface area contributed by atoms with Gasteiger partial charge in [0.15, 0.2) is 0 Å². The molecule has 6 nitrogen and oxygen atoms in total. The number of carbonyl (C=O) groups excluding carboxylic acids is 1. The molecule has 0 radical (unpaired) electrons. The van der Waals surface area contributed by atoms with Crippen molar-refractivity contribution in [2.45, 2.75) is 36.5 Å². The fourth-order valence-electron chi connectivity index (χ4n) is 4.14. The Bertz CT molecular complexity index is 993. The molecule has 2 saturated heterocycles. The molecule has 0 unspecified atom stereocenters. The van der Waals surface area contributed by atoms with Crippen molar-refractivity contribution < 1.29 is 13.2 Å². The van der Waals surface area contributed by atoms with Crippen molar-refractivity contribution in [3.63, 3.8) is 0 Å². The molecule has 1 aromatic heterocycles. The third-order valence-electron chi connectivity index (χ3n) is 5.65. The molecule has 0 atom stereocenters. The second kappa shape index (κ2) is 7.31. The highest BCUT2D eigenvalue weighted by molar-refractivity contribution is 8.00. The molecule has 4 rings (SSSR count). The number of rotatable bonds is 3. The molecule has 2 aliphatic rings. The number of amides is 1. The summed E-state index contributed by atoms with van der Waals surface area (Å²) in [5.41, 5.74) is 0.511. The van der Waals surface area contributed by atoms with Gasteiger partial charge in [0, 0.05) is 42.9 Å². The van der Waals surface area contributed by atoms with Crippen LogP contribution in [0.4, 0.5) is 0 Å². The van der Waals surface area contributed by atoms with Crippen molar-refractivity contribution >= 4 is 38.6 Å². The van der Waals surface area contributed by atoms with E-state index in [0.717, 1.165) is 17.7 Å². The minimum absolute atomic E-state index is 0.0425. The van der Waals surface area contributed by atoms with Gasteiger partial charge in [-0.05, 0) is 25.0 Å². The van der Waals surface area contributed by atoms with Crippen LogP contribution < -0.4 is 0 Å². The molecule has 0 aliphatic carbocycles. The fourth-order valence-corrected chi connectivity index (χ4v) is 7.21. The summed E-state index contributed by atoms with van der Waals surface area (Å²) in [6, 6.07) is 8.95. The van der Waals surface area contributed by atoms with E-state index in [0.29, 0.717) is 31.4 Å². The van der Waals surface area contributed by atoms with Gasteiger partial charge in [-0.3, -0.25) is 9.78 Å². The summed E-state index contributed by atoms with van der Waals surface area (Å²) in [7, 11) is -3.63. The first-order valence-corrected chi connectivity index (χ1v) is 12.1. The van der Waals surface area contributed by atoms with Gasteiger partial charge in [-0.1, -0.05) is 32.0 Å². The third-order valence-corrected chi connectivity index (χ3v) is 9.14. The second-order valence-corrected chi connectivity index (χ2v) is 11.0. The minimum Gasteiger partial charge on any atom is -0.327 e. The number of pyridine rings is 1. The average Bonchev–Trinajstić information content (AvgIpc) is 3.09. The van der Waals surface area contributed by atoms with Crippen molar-refractivity contribution in [3.8, 4) is 0 Å². The predicted octanol–water partition coefficient (Wildman–Crippen LogP) is 2.95. The lowest BCUT2D eigenvalue weighted by Gasteiger charge is -2.44. The van der Waals surface area contributed by atoms with Gasteiger partial charge < -0.3 is 4.90 Å². The van der Waals surface area contributed by atoms with Crippen molar-refractivity contribution in [1.82, 2.24) is 14.2 Å². The van der Waals surface area contributed by atoms with Crippen molar-refractivity contribution in [2.75, 3.05) is 25.4 Å². The fraction of sp³-hybridized carbons (Fsp3) is 0.500. The number of aromatic nitrogens is 1. The number of fused-ring (bicyclic) bond motifs is 1. The van der Waals surface area contributed by atoms with E-state index in [2.05, 4.69) is 4.98 Å². The highest BCUT2D eigenvalue weighted by Crippen LogP contribution is 2.45. The zero-order chi connectivity index (χ0) is 19.9. The Morgan fingerprint density at radius 1 is 1.14 bits per heavy atom. The van der Waals surface area contributed by atoms with E-state index in [1.54, 1.807) is 40.5 Å². The molecule has 150 valence electrons. The summed E-state index contributed by atoms with van der Waals surface area (Å²) in [5, 5.41) is 0.817. The first kappa shape index (κ1) is 19.7. The van der Waals surface area contributed by atoms with Gasteiger partial charge in [-0.15, -0.1) is 11.8 Å². The maximum Gasteiger partial charge on any atom is 0.245 e. The normalized spacial score (nSPS) is 20.3. The van der Waals surface area contributed by atoms with Crippen LogP contribution in [0.3, 0.4) is 0 Å². The van der Waals surface area contributed by atoms with E-state index in [1.165, 1.54) is 0 Å². The van der Waals surface area contributed by atoms with Gasteiger partial charge in [-0.25, -0.2) is 8.42 Å². The van der Waals surface area contributed by atoms with Gasteiger partial charge in [0.05, 0.1) is 10.4 Å². The van der Waals surface area contributed by atoms with E-state index >= 15 is 0 Å². The first-order chi connectivity index (χ1) is 13.3. The number of para-hydroxylation sites is 1. The molecular formula is C20H25N3O3S2. The Hall–Kier alpha value is -1.64. The van der Waals surface area contributed by atoms with Crippen molar-refractivity contribution in [3.05, 3.63) is 36.5 Å². The maximum absolute atomic E-state index is 13.3. The van der Waals surface area contributed by atoms with E-state index < -0.39 is 10.0 Å². The topological polar surface area (TPSA) is 70.6 Å². The van der Waals surface area contributed by atoms with E-state index in [-0.39, 0.29) is 21.6 Å². The summed E-state index contributed by atoms with van der Waals surface area (Å²) >= 11 is 1.80. The maximum atomic E-state index is 13.3. The molecule has 8 heteroatoms. The van der Waals surface area contributed by atoms with Crippen LogP contribution in [-0.4, -0.2) is 58.8 Å². The SMILES string of the molecule is CC(C)C(=O)N1CCSC12CCN(S(=O)(=O)c1cccc3cccnc13)CC2. The van der Waals surface area contributed by atoms with E-state index in [1.807, 2.05) is 30.9 Å². The molecule has 1 amide bonds. The Morgan fingerprint density at radius 3 is 2.57 bits per heavy atom. The zero-order valence-corrected chi connectivity index (χ0v) is 17.8. The highest BCUT2D eigenvalue weighted by atomic mass is 32.2. The summed E-state index contributed by atoms with van der Waals surface area (Å²) in [6.45, 7) is 5.43. The highest BCUT2D eigenvalue weighted by Gasteiger charge is 2.48. The largest absolute Gasteiger partial charge is 0.327 e. The molecule has 0 N–H and O–H groups in total. The van der Waals surface area contributed by atoms with E-state index in [4.69, 9.17) is 0 Å². The van der Waals surface area contributed by atoms with Gasteiger partial charge in [0.1, 0.15) is 4.90 Å². The molecule has 0 saturated carbocycles. The van der Waals surface area contributed by atoms with Crippen LogP contribution >= 0.6 is 11.8 Å². The first-order valence-electron chi connectivity index (χ1n) is 9.64. The predicted molar refractivity (Wildman–Crippen MR) is 111 cm³/mol. The summed E-state index contributed by atoms with van der Waals surface area (Å²) in [4.78, 5) is 18.9. The molecule has 1 aromatic carbocycles. The van der Waals surface area contributed by atoms with Gasteiger partial charge in [-0.2, -0.15) is 4.31 Å². The molecule has 28 heavy (non-hydrogen) atoms. The minimum atomic E-state index is -3.63. The van der Waals surface area contributed by atoms with Crippen LogP contribution in [0.15, 0.2) is 41.4 Å². The Kier molecular flexibility index (Phi) is 5.14. The van der Waals surface area contributed by atoms with Crippen LogP contribution in [0, 0.1) is 5.92 Å². The molecule has 3 heterocycles. The van der Waals surface area contributed by atoms with Crippen molar-refractivity contribution in [1.29, 1.82) is 0 Å².